The van der Waals surface area contributed by atoms with E-state index < -0.39 is 0 Å². The molecular weight excluding hydrogens is 342 g/mol. The van der Waals surface area contributed by atoms with Gasteiger partial charge in [0.25, 0.3) is 0 Å². The van der Waals surface area contributed by atoms with E-state index in [2.05, 4.69) is 15.5 Å². The number of benzene rings is 2. The summed E-state index contributed by atoms with van der Waals surface area (Å²) in [7, 11) is 0. The maximum absolute atomic E-state index is 11.6. The third kappa shape index (κ3) is 4.16. The molecular formula is C18H16ClN3O3. The second kappa shape index (κ2) is 7.81. The molecule has 0 fully saturated rings. The van der Waals surface area contributed by atoms with E-state index >= 15 is 0 Å². The van der Waals surface area contributed by atoms with Crippen LogP contribution in [-0.2, 0) is 11.3 Å². The summed E-state index contributed by atoms with van der Waals surface area (Å²) in [5, 5.41) is 11.7. The van der Waals surface area contributed by atoms with Crippen molar-refractivity contribution in [2.45, 2.75) is 13.5 Å². The number of nitrogens with one attached hydrogen (secondary N) is 1. The molecule has 0 saturated heterocycles. The fourth-order valence-electron chi connectivity index (χ4n) is 2.18. The van der Waals surface area contributed by atoms with E-state index in [4.69, 9.17) is 20.8 Å². The van der Waals surface area contributed by atoms with Crippen molar-refractivity contribution < 1.29 is 13.9 Å². The van der Waals surface area contributed by atoms with Gasteiger partial charge in [0.2, 0.25) is 11.8 Å². The first kappa shape index (κ1) is 17.0. The van der Waals surface area contributed by atoms with Crippen LogP contribution in [0.3, 0.4) is 0 Å². The monoisotopic (exact) mass is 357 g/mol. The molecule has 1 N–H and O–H groups in total. The lowest BCUT2D eigenvalue weighted by Gasteiger charge is -2.05. The molecule has 6 nitrogen and oxygen atoms in total. The average Bonchev–Trinajstić information content (AvgIpc) is 3.10. The summed E-state index contributed by atoms with van der Waals surface area (Å²) in [5.74, 6) is 0.472. The zero-order valence-electron chi connectivity index (χ0n) is 13.5. The second-order valence-corrected chi connectivity index (χ2v) is 5.54. The van der Waals surface area contributed by atoms with Gasteiger partial charge < -0.3 is 14.5 Å². The number of halogens is 1. The number of anilines is 1. The lowest BCUT2D eigenvalue weighted by Crippen LogP contribution is -2.05. The molecule has 0 aliphatic rings. The molecule has 0 unspecified atom stereocenters. The maximum atomic E-state index is 11.6. The highest BCUT2D eigenvalue weighted by molar-refractivity contribution is 6.33. The van der Waals surface area contributed by atoms with Crippen molar-refractivity contribution in [3.05, 3.63) is 65.0 Å². The van der Waals surface area contributed by atoms with Crippen molar-refractivity contribution in [3.8, 4) is 11.5 Å². The largest absolute Gasteiger partial charge is 0.462 e. The molecule has 0 saturated carbocycles. The Morgan fingerprint density at radius 3 is 2.64 bits per heavy atom. The Morgan fingerprint density at radius 2 is 1.92 bits per heavy atom. The Hall–Kier alpha value is -2.86. The van der Waals surface area contributed by atoms with Crippen LogP contribution in [0.25, 0.3) is 11.5 Å². The molecule has 0 aliphatic heterocycles. The molecule has 0 aliphatic carbocycles. The van der Waals surface area contributed by atoms with Crippen LogP contribution in [0.2, 0.25) is 5.02 Å². The third-order valence-electron chi connectivity index (χ3n) is 3.41. The highest BCUT2D eigenvalue weighted by Gasteiger charge is 2.11. The van der Waals surface area contributed by atoms with E-state index in [-0.39, 0.29) is 5.97 Å². The van der Waals surface area contributed by atoms with Crippen LogP contribution in [0.5, 0.6) is 0 Å². The lowest BCUT2D eigenvalue weighted by molar-refractivity contribution is 0.0526. The molecule has 3 rings (SSSR count). The molecule has 1 aromatic heterocycles. The zero-order valence-corrected chi connectivity index (χ0v) is 14.3. The van der Waals surface area contributed by atoms with Crippen molar-refractivity contribution in [1.29, 1.82) is 0 Å². The van der Waals surface area contributed by atoms with Crippen molar-refractivity contribution >= 4 is 23.3 Å². The number of carbonyl (C=O) groups is 1. The van der Waals surface area contributed by atoms with Crippen LogP contribution in [0, 0.1) is 0 Å². The summed E-state index contributed by atoms with van der Waals surface area (Å²) >= 11 is 6.12. The topological polar surface area (TPSA) is 77.2 Å². The lowest BCUT2D eigenvalue weighted by atomic mass is 10.2. The van der Waals surface area contributed by atoms with Crippen molar-refractivity contribution in [2.24, 2.45) is 0 Å². The number of nitrogens with zero attached hydrogens (tertiary/aromatic N) is 2. The number of hydrogen-bond acceptors (Lipinski definition) is 6. The minimum Gasteiger partial charge on any atom is -0.462 e. The Balaban J connectivity index is 1.63. The maximum Gasteiger partial charge on any atom is 0.338 e. The molecule has 7 heteroatoms. The summed E-state index contributed by atoms with van der Waals surface area (Å²) in [6.07, 6.45) is 0. The normalized spacial score (nSPS) is 10.5. The van der Waals surface area contributed by atoms with Gasteiger partial charge in [-0.2, -0.15) is 0 Å². The predicted molar refractivity (Wildman–Crippen MR) is 94.5 cm³/mol. The summed E-state index contributed by atoms with van der Waals surface area (Å²) in [4.78, 5) is 11.6. The fourth-order valence-corrected chi connectivity index (χ4v) is 2.40. The Labute approximate surface area is 149 Å². The van der Waals surface area contributed by atoms with E-state index in [0.29, 0.717) is 41.1 Å². The van der Waals surface area contributed by atoms with Gasteiger partial charge in [0.15, 0.2) is 0 Å². The molecule has 0 bridgehead atoms. The Bertz CT molecular complexity index is 862. The molecule has 2 aromatic carbocycles. The molecule has 128 valence electrons. The number of esters is 1. The minimum atomic E-state index is -0.338. The fraction of sp³-hybridized carbons (Fsp3) is 0.167. The third-order valence-corrected chi connectivity index (χ3v) is 3.74. The van der Waals surface area contributed by atoms with Gasteiger partial charge in [-0.3, -0.25) is 0 Å². The highest BCUT2D eigenvalue weighted by atomic mass is 35.5. The Kier molecular flexibility index (Phi) is 5.30. The number of carbonyl (C=O) groups excluding carboxylic acids is 1. The van der Waals surface area contributed by atoms with Crippen LogP contribution in [0.1, 0.15) is 23.2 Å². The van der Waals surface area contributed by atoms with Gasteiger partial charge in [0.1, 0.15) is 0 Å². The van der Waals surface area contributed by atoms with Gasteiger partial charge in [-0.05, 0) is 43.3 Å². The quantitative estimate of drug-likeness (QED) is 0.667. The number of aromatic nitrogens is 2. The summed E-state index contributed by atoms with van der Waals surface area (Å²) < 4.78 is 10.6. The van der Waals surface area contributed by atoms with Gasteiger partial charge in [-0.15, -0.1) is 10.2 Å². The Morgan fingerprint density at radius 1 is 1.16 bits per heavy atom. The van der Waals surface area contributed by atoms with Gasteiger partial charge in [-0.25, -0.2) is 4.79 Å². The van der Waals surface area contributed by atoms with Crippen LogP contribution >= 0.6 is 11.6 Å². The standard InChI is InChI=1S/C18H16ClN3O3/c1-2-24-18(23)12-7-9-13(10-8-12)20-11-16-21-22-17(25-16)14-5-3-4-6-15(14)19/h3-10,20H,2,11H2,1H3. The summed E-state index contributed by atoms with van der Waals surface area (Å²) in [6.45, 7) is 2.48. The first-order chi connectivity index (χ1) is 12.2. The van der Waals surface area contributed by atoms with Crippen molar-refractivity contribution in [2.75, 3.05) is 11.9 Å². The number of rotatable bonds is 6. The molecule has 3 aromatic rings. The van der Waals surface area contributed by atoms with E-state index in [1.807, 2.05) is 18.2 Å². The second-order valence-electron chi connectivity index (χ2n) is 5.13. The first-order valence-electron chi connectivity index (χ1n) is 7.75. The molecule has 0 amide bonds. The van der Waals surface area contributed by atoms with Gasteiger partial charge in [0, 0.05) is 5.69 Å². The van der Waals surface area contributed by atoms with E-state index in [1.165, 1.54) is 0 Å². The first-order valence-corrected chi connectivity index (χ1v) is 8.13. The molecule has 0 atom stereocenters. The van der Waals surface area contributed by atoms with Crippen LogP contribution < -0.4 is 5.32 Å². The zero-order chi connectivity index (χ0) is 17.6. The van der Waals surface area contributed by atoms with Gasteiger partial charge in [0.05, 0.1) is 29.3 Å². The van der Waals surface area contributed by atoms with E-state index in [0.717, 1.165) is 5.69 Å². The van der Waals surface area contributed by atoms with Gasteiger partial charge >= 0.3 is 5.97 Å². The number of ether oxygens (including phenoxy) is 1. The van der Waals surface area contributed by atoms with E-state index in [9.17, 15) is 4.79 Å². The van der Waals surface area contributed by atoms with Gasteiger partial charge in [-0.1, -0.05) is 23.7 Å². The molecule has 0 radical (unpaired) electrons. The molecule has 1 heterocycles. The highest BCUT2D eigenvalue weighted by Crippen LogP contribution is 2.26. The van der Waals surface area contributed by atoms with Crippen molar-refractivity contribution in [3.63, 3.8) is 0 Å². The molecule has 0 spiro atoms. The summed E-state index contributed by atoms with van der Waals surface area (Å²) in [6, 6.07) is 14.3. The smallest absolute Gasteiger partial charge is 0.338 e. The number of hydrogen-bond donors (Lipinski definition) is 1. The van der Waals surface area contributed by atoms with Crippen LogP contribution in [-0.4, -0.2) is 22.8 Å². The summed E-state index contributed by atoms with van der Waals surface area (Å²) in [5.41, 5.74) is 2.03. The van der Waals surface area contributed by atoms with Crippen LogP contribution in [0.4, 0.5) is 5.69 Å². The van der Waals surface area contributed by atoms with Crippen LogP contribution in [0.15, 0.2) is 52.9 Å². The predicted octanol–water partition coefficient (Wildman–Crippen LogP) is 4.18. The average molecular weight is 358 g/mol. The minimum absolute atomic E-state index is 0.338. The van der Waals surface area contributed by atoms with Crippen molar-refractivity contribution in [1.82, 2.24) is 10.2 Å². The SMILES string of the molecule is CCOC(=O)c1ccc(NCc2nnc(-c3ccccc3Cl)o2)cc1. The van der Waals surface area contributed by atoms with E-state index in [1.54, 1.807) is 37.3 Å². The molecule has 25 heavy (non-hydrogen) atoms.